The van der Waals surface area contributed by atoms with Gasteiger partial charge in [0.05, 0.1) is 5.69 Å². The molecule has 0 spiro atoms. The summed E-state index contributed by atoms with van der Waals surface area (Å²) in [5.74, 6) is 1.02. The molecule has 9 heteroatoms. The van der Waals surface area contributed by atoms with Crippen LogP contribution in [0.4, 0.5) is 10.2 Å². The van der Waals surface area contributed by atoms with Crippen LogP contribution in [0.25, 0.3) is 5.82 Å². The maximum atomic E-state index is 13.6. The van der Waals surface area contributed by atoms with Crippen molar-refractivity contribution >= 4 is 11.7 Å². The van der Waals surface area contributed by atoms with Gasteiger partial charge in [0.15, 0.2) is 18.2 Å². The van der Waals surface area contributed by atoms with Gasteiger partial charge in [-0.3, -0.25) is 9.36 Å². The fourth-order valence-electron chi connectivity index (χ4n) is 3.35. The van der Waals surface area contributed by atoms with Crippen LogP contribution in [0.5, 0.6) is 5.75 Å². The summed E-state index contributed by atoms with van der Waals surface area (Å²) in [6.07, 6.45) is 3.29. The molecular weight excluding hydrogens is 387 g/mol. The first kappa shape index (κ1) is 19.8. The molecule has 1 aliphatic rings. The van der Waals surface area contributed by atoms with E-state index in [9.17, 15) is 9.18 Å². The predicted molar refractivity (Wildman–Crippen MR) is 109 cm³/mol. The monoisotopic (exact) mass is 410 g/mol. The van der Waals surface area contributed by atoms with E-state index in [0.717, 1.165) is 23.0 Å². The zero-order chi connectivity index (χ0) is 21.1. The van der Waals surface area contributed by atoms with Crippen molar-refractivity contribution in [3.63, 3.8) is 0 Å². The lowest BCUT2D eigenvalue weighted by Crippen LogP contribution is -2.50. The lowest BCUT2D eigenvalue weighted by Gasteiger charge is -2.35. The van der Waals surface area contributed by atoms with Crippen LogP contribution in [-0.2, 0) is 4.79 Å². The highest BCUT2D eigenvalue weighted by molar-refractivity contribution is 5.78. The Morgan fingerprint density at radius 1 is 1.07 bits per heavy atom. The molecule has 1 fully saturated rings. The Kier molecular flexibility index (Phi) is 5.60. The number of halogens is 1. The van der Waals surface area contributed by atoms with Crippen molar-refractivity contribution in [3.05, 3.63) is 60.2 Å². The summed E-state index contributed by atoms with van der Waals surface area (Å²) in [6.45, 7) is 6.15. The molecule has 1 aliphatic heterocycles. The quantitative estimate of drug-likeness (QED) is 0.642. The number of aryl methyl sites for hydroxylation is 1. The van der Waals surface area contributed by atoms with Gasteiger partial charge >= 0.3 is 0 Å². The summed E-state index contributed by atoms with van der Waals surface area (Å²) in [6, 6.07) is 7.99. The van der Waals surface area contributed by atoms with Gasteiger partial charge in [-0.25, -0.2) is 19.3 Å². The highest BCUT2D eigenvalue weighted by Gasteiger charge is 2.23. The summed E-state index contributed by atoms with van der Waals surface area (Å²) in [4.78, 5) is 29.3. The van der Waals surface area contributed by atoms with E-state index >= 15 is 0 Å². The summed E-state index contributed by atoms with van der Waals surface area (Å²) in [7, 11) is 0. The van der Waals surface area contributed by atoms with Gasteiger partial charge in [-0.15, -0.1) is 0 Å². The second kappa shape index (κ2) is 8.48. The van der Waals surface area contributed by atoms with E-state index in [1.165, 1.54) is 12.1 Å². The lowest BCUT2D eigenvalue weighted by atomic mass is 10.3. The van der Waals surface area contributed by atoms with Crippen molar-refractivity contribution in [2.24, 2.45) is 0 Å². The fourth-order valence-corrected chi connectivity index (χ4v) is 3.35. The van der Waals surface area contributed by atoms with Gasteiger partial charge in [0.2, 0.25) is 0 Å². The van der Waals surface area contributed by atoms with Crippen molar-refractivity contribution in [1.29, 1.82) is 0 Å². The Bertz CT molecular complexity index is 1050. The van der Waals surface area contributed by atoms with Gasteiger partial charge < -0.3 is 14.5 Å². The second-order valence-corrected chi connectivity index (χ2v) is 7.11. The normalized spacial score (nSPS) is 14.1. The van der Waals surface area contributed by atoms with E-state index in [0.29, 0.717) is 26.2 Å². The van der Waals surface area contributed by atoms with E-state index in [1.54, 1.807) is 29.7 Å². The van der Waals surface area contributed by atoms with Crippen LogP contribution in [0.15, 0.2) is 43.0 Å². The molecule has 0 unspecified atom stereocenters. The molecule has 4 rings (SSSR count). The largest absolute Gasteiger partial charge is 0.481 e. The molecular formula is C21H23FN6O2. The smallest absolute Gasteiger partial charge is 0.260 e. The Labute approximate surface area is 173 Å². The zero-order valence-electron chi connectivity index (χ0n) is 17.0. The molecule has 1 saturated heterocycles. The Morgan fingerprint density at radius 3 is 2.50 bits per heavy atom. The number of anilines is 1. The summed E-state index contributed by atoms with van der Waals surface area (Å²) < 4.78 is 20.9. The van der Waals surface area contributed by atoms with Crippen LogP contribution in [-0.4, -0.2) is 63.1 Å². The first-order valence-electron chi connectivity index (χ1n) is 9.76. The van der Waals surface area contributed by atoms with Crippen molar-refractivity contribution in [2.45, 2.75) is 13.8 Å². The van der Waals surface area contributed by atoms with Crippen molar-refractivity contribution < 1.29 is 13.9 Å². The van der Waals surface area contributed by atoms with Crippen LogP contribution in [0.3, 0.4) is 0 Å². The van der Waals surface area contributed by atoms with Crippen LogP contribution < -0.4 is 9.64 Å². The molecule has 30 heavy (non-hydrogen) atoms. The summed E-state index contributed by atoms with van der Waals surface area (Å²) in [5, 5.41) is 0. The van der Waals surface area contributed by atoms with E-state index in [4.69, 9.17) is 4.74 Å². The van der Waals surface area contributed by atoms with Crippen molar-refractivity contribution in [3.8, 4) is 11.6 Å². The second-order valence-electron chi connectivity index (χ2n) is 7.11. The van der Waals surface area contributed by atoms with Crippen molar-refractivity contribution in [1.82, 2.24) is 24.4 Å². The van der Waals surface area contributed by atoms with Gasteiger partial charge in [0, 0.05) is 37.9 Å². The van der Waals surface area contributed by atoms with E-state index < -0.39 is 5.82 Å². The first-order valence-corrected chi connectivity index (χ1v) is 9.76. The standard InChI is InChI=1S/C21H23FN6O2/c1-15-16(2)28(14-25-15)20-11-19(23-13-24-20)26-7-9-27(10-8-26)21(29)12-30-18-6-4-3-5-17(18)22/h3-6,11,13-14H,7-10,12H2,1-2H3. The third-order valence-electron chi connectivity index (χ3n) is 5.28. The first-order chi connectivity index (χ1) is 14.5. The van der Waals surface area contributed by atoms with Crippen LogP contribution in [0, 0.1) is 19.7 Å². The maximum Gasteiger partial charge on any atom is 0.260 e. The van der Waals surface area contributed by atoms with Crippen LogP contribution in [0.1, 0.15) is 11.4 Å². The number of hydrogen-bond acceptors (Lipinski definition) is 6. The number of ether oxygens (including phenoxy) is 1. The highest BCUT2D eigenvalue weighted by atomic mass is 19.1. The molecule has 1 amide bonds. The number of amides is 1. The van der Waals surface area contributed by atoms with E-state index in [1.807, 2.05) is 24.5 Å². The fraction of sp³-hybridized carbons (Fsp3) is 0.333. The molecule has 1 aromatic carbocycles. The molecule has 0 radical (unpaired) electrons. The average molecular weight is 410 g/mol. The molecule has 0 N–H and O–H groups in total. The number of carbonyl (C=O) groups is 1. The minimum absolute atomic E-state index is 0.0861. The molecule has 0 saturated carbocycles. The minimum atomic E-state index is -0.474. The Morgan fingerprint density at radius 2 is 1.80 bits per heavy atom. The Hall–Kier alpha value is -3.49. The molecule has 8 nitrogen and oxygen atoms in total. The number of nitrogens with zero attached hydrogens (tertiary/aromatic N) is 6. The lowest BCUT2D eigenvalue weighted by molar-refractivity contribution is -0.133. The number of piperazine rings is 1. The number of para-hydroxylation sites is 1. The maximum absolute atomic E-state index is 13.6. The minimum Gasteiger partial charge on any atom is -0.481 e. The Balaban J connectivity index is 1.35. The third-order valence-corrected chi connectivity index (χ3v) is 5.28. The van der Waals surface area contributed by atoms with E-state index in [-0.39, 0.29) is 18.3 Å². The summed E-state index contributed by atoms with van der Waals surface area (Å²) in [5.41, 5.74) is 1.99. The number of carbonyl (C=O) groups excluding carboxylic acids is 1. The van der Waals surface area contributed by atoms with Gasteiger partial charge in [-0.1, -0.05) is 12.1 Å². The molecule has 2 aromatic heterocycles. The zero-order valence-corrected chi connectivity index (χ0v) is 17.0. The number of benzene rings is 1. The SMILES string of the molecule is Cc1ncn(-c2cc(N3CCN(C(=O)COc4ccccc4F)CC3)ncn2)c1C. The number of rotatable bonds is 5. The summed E-state index contributed by atoms with van der Waals surface area (Å²) >= 11 is 0. The number of hydrogen-bond donors (Lipinski definition) is 0. The number of imidazole rings is 1. The molecule has 3 heterocycles. The van der Waals surface area contributed by atoms with Gasteiger partial charge in [0.25, 0.3) is 5.91 Å². The van der Waals surface area contributed by atoms with Gasteiger partial charge in [-0.2, -0.15) is 0 Å². The van der Waals surface area contributed by atoms with Crippen molar-refractivity contribution in [2.75, 3.05) is 37.7 Å². The van der Waals surface area contributed by atoms with Gasteiger partial charge in [0.1, 0.15) is 24.3 Å². The predicted octanol–water partition coefficient (Wildman–Crippen LogP) is 2.15. The van der Waals surface area contributed by atoms with Crippen LogP contribution >= 0.6 is 0 Å². The highest BCUT2D eigenvalue weighted by Crippen LogP contribution is 2.19. The molecule has 0 atom stereocenters. The number of aromatic nitrogens is 4. The molecule has 0 aliphatic carbocycles. The molecule has 3 aromatic rings. The third kappa shape index (κ3) is 4.10. The van der Waals surface area contributed by atoms with Crippen LogP contribution in [0.2, 0.25) is 0 Å². The van der Waals surface area contributed by atoms with E-state index in [2.05, 4.69) is 19.9 Å². The topological polar surface area (TPSA) is 76.4 Å². The average Bonchev–Trinajstić information content (AvgIpc) is 3.11. The van der Waals surface area contributed by atoms with Gasteiger partial charge in [-0.05, 0) is 26.0 Å². The molecule has 156 valence electrons. The molecule has 0 bridgehead atoms.